The Morgan fingerprint density at radius 1 is 1.10 bits per heavy atom. The predicted molar refractivity (Wildman–Crippen MR) is 72.3 cm³/mol. The van der Waals surface area contributed by atoms with Gasteiger partial charge in [-0.2, -0.15) is 4.98 Å². The first kappa shape index (κ1) is 12.7. The zero-order chi connectivity index (χ0) is 13.5. The molecule has 6 nitrogen and oxygen atoms in total. The first-order chi connectivity index (χ1) is 9.81. The summed E-state index contributed by atoms with van der Waals surface area (Å²) in [4.78, 5) is 9.54. The minimum absolute atomic E-state index is 0.0427. The number of hydrogen-bond donors (Lipinski definition) is 1. The fourth-order valence-corrected chi connectivity index (χ4v) is 3.80. The van der Waals surface area contributed by atoms with Crippen molar-refractivity contribution >= 4 is 0 Å². The molecule has 3 saturated heterocycles. The van der Waals surface area contributed by atoms with Crippen LogP contribution >= 0.6 is 0 Å². The van der Waals surface area contributed by atoms with E-state index in [1.54, 1.807) is 0 Å². The number of rotatable bonds is 2. The van der Waals surface area contributed by atoms with Crippen LogP contribution in [-0.2, 0) is 0 Å². The summed E-state index contributed by atoms with van der Waals surface area (Å²) in [6, 6.07) is 0.274. The molecule has 3 atom stereocenters. The largest absolute Gasteiger partial charge is 0.392 e. The van der Waals surface area contributed by atoms with Crippen LogP contribution < -0.4 is 0 Å². The van der Waals surface area contributed by atoms with E-state index in [0.29, 0.717) is 5.89 Å². The van der Waals surface area contributed by atoms with Gasteiger partial charge in [-0.1, -0.05) is 18.0 Å². The highest BCUT2D eigenvalue weighted by atomic mass is 16.5. The van der Waals surface area contributed by atoms with Crippen molar-refractivity contribution < 1.29 is 9.63 Å². The van der Waals surface area contributed by atoms with Gasteiger partial charge >= 0.3 is 0 Å². The molecule has 1 aromatic heterocycles. The van der Waals surface area contributed by atoms with E-state index in [4.69, 9.17) is 4.52 Å². The number of piperazine rings is 3. The zero-order valence-corrected chi connectivity index (χ0v) is 11.7. The van der Waals surface area contributed by atoms with Crippen LogP contribution in [0.25, 0.3) is 0 Å². The highest BCUT2D eigenvalue weighted by molar-refractivity contribution is 5.05. The Bertz CT molecular complexity index is 469. The van der Waals surface area contributed by atoms with E-state index < -0.39 is 0 Å². The number of hydrogen-bond acceptors (Lipinski definition) is 6. The molecule has 3 unspecified atom stereocenters. The summed E-state index contributed by atoms with van der Waals surface area (Å²) < 4.78 is 5.47. The van der Waals surface area contributed by atoms with E-state index in [9.17, 15) is 5.11 Å². The van der Waals surface area contributed by atoms with Crippen molar-refractivity contribution in [2.45, 2.75) is 43.7 Å². The van der Waals surface area contributed by atoms with Gasteiger partial charge in [0.25, 0.3) is 0 Å². The molecule has 4 heterocycles. The quantitative estimate of drug-likeness (QED) is 0.861. The molecule has 4 fully saturated rings. The molecular formula is C14H22N4O2. The fraction of sp³-hybridized carbons (Fsp3) is 0.857. The van der Waals surface area contributed by atoms with E-state index >= 15 is 0 Å². The third-order valence-electron chi connectivity index (χ3n) is 5.08. The van der Waals surface area contributed by atoms with Crippen LogP contribution in [0.15, 0.2) is 4.52 Å². The van der Waals surface area contributed by atoms with E-state index in [2.05, 4.69) is 19.9 Å². The Morgan fingerprint density at radius 2 is 1.90 bits per heavy atom. The topological polar surface area (TPSA) is 65.6 Å². The maximum absolute atomic E-state index is 10.1. The summed E-state index contributed by atoms with van der Waals surface area (Å²) in [7, 11) is 0. The van der Waals surface area contributed by atoms with Gasteiger partial charge < -0.3 is 9.63 Å². The molecule has 110 valence electrons. The molecule has 1 aromatic rings. The summed E-state index contributed by atoms with van der Waals surface area (Å²) in [6.45, 7) is 5.51. The van der Waals surface area contributed by atoms with Gasteiger partial charge in [0.1, 0.15) is 0 Å². The molecule has 3 aliphatic heterocycles. The van der Waals surface area contributed by atoms with E-state index in [-0.39, 0.29) is 18.1 Å². The second-order valence-corrected chi connectivity index (χ2v) is 6.30. The smallest absolute Gasteiger partial charge is 0.232 e. The Hall–Kier alpha value is -0.980. The first-order valence-electron chi connectivity index (χ1n) is 7.79. The average molecular weight is 278 g/mol. The third-order valence-corrected chi connectivity index (χ3v) is 5.08. The number of aliphatic hydroxyl groups excluding tert-OH is 1. The van der Waals surface area contributed by atoms with Crippen LogP contribution in [0.2, 0.25) is 0 Å². The molecule has 1 saturated carbocycles. The van der Waals surface area contributed by atoms with Crippen molar-refractivity contribution in [2.24, 2.45) is 0 Å². The fourth-order valence-electron chi connectivity index (χ4n) is 3.80. The maximum Gasteiger partial charge on any atom is 0.232 e. The molecule has 0 amide bonds. The van der Waals surface area contributed by atoms with Crippen LogP contribution in [0.3, 0.4) is 0 Å². The minimum Gasteiger partial charge on any atom is -0.392 e. The Labute approximate surface area is 118 Å². The molecule has 20 heavy (non-hydrogen) atoms. The highest BCUT2D eigenvalue weighted by Gasteiger charge is 2.37. The molecule has 6 heteroatoms. The summed E-state index contributed by atoms with van der Waals surface area (Å²) in [6.07, 6.45) is 3.74. The number of aliphatic hydroxyl groups is 1. The van der Waals surface area contributed by atoms with Crippen molar-refractivity contribution in [3.05, 3.63) is 11.7 Å². The van der Waals surface area contributed by atoms with Crippen molar-refractivity contribution in [1.29, 1.82) is 0 Å². The third kappa shape index (κ3) is 2.16. The number of nitrogens with zero attached hydrogens (tertiary/aromatic N) is 4. The summed E-state index contributed by atoms with van der Waals surface area (Å²) in [5.41, 5.74) is 0. The second-order valence-electron chi connectivity index (χ2n) is 6.30. The van der Waals surface area contributed by atoms with Crippen LogP contribution in [0, 0.1) is 0 Å². The van der Waals surface area contributed by atoms with Crippen molar-refractivity contribution in [1.82, 2.24) is 19.9 Å². The van der Waals surface area contributed by atoms with E-state index in [0.717, 1.165) is 64.2 Å². The molecular weight excluding hydrogens is 256 g/mol. The van der Waals surface area contributed by atoms with Gasteiger partial charge in [0.05, 0.1) is 18.1 Å². The van der Waals surface area contributed by atoms with Crippen molar-refractivity contribution in [3.8, 4) is 0 Å². The lowest BCUT2D eigenvalue weighted by Gasteiger charge is -2.46. The van der Waals surface area contributed by atoms with E-state index in [1.807, 2.05) is 0 Å². The second kappa shape index (κ2) is 5.09. The average Bonchev–Trinajstić information content (AvgIpc) is 2.98. The van der Waals surface area contributed by atoms with Gasteiger partial charge in [0.2, 0.25) is 5.89 Å². The molecule has 5 rings (SSSR count). The van der Waals surface area contributed by atoms with Gasteiger partial charge in [-0.3, -0.25) is 9.80 Å². The Morgan fingerprint density at radius 3 is 2.60 bits per heavy atom. The van der Waals surface area contributed by atoms with Crippen molar-refractivity contribution in [3.63, 3.8) is 0 Å². The molecule has 0 spiro atoms. The lowest BCUT2D eigenvalue weighted by molar-refractivity contribution is 0.00780. The monoisotopic (exact) mass is 278 g/mol. The summed E-state index contributed by atoms with van der Waals surface area (Å²) >= 11 is 0. The Kier molecular flexibility index (Phi) is 3.24. The molecule has 0 aromatic carbocycles. The summed E-state index contributed by atoms with van der Waals surface area (Å²) in [5.74, 6) is 1.49. The molecule has 1 aliphatic carbocycles. The number of aromatic nitrogens is 2. The van der Waals surface area contributed by atoms with Gasteiger partial charge in [0, 0.05) is 32.7 Å². The molecule has 0 radical (unpaired) electrons. The number of fused-ring (bicyclic) bond motifs is 3. The van der Waals surface area contributed by atoms with Crippen molar-refractivity contribution in [2.75, 3.05) is 32.7 Å². The van der Waals surface area contributed by atoms with Gasteiger partial charge in [-0.25, -0.2) is 0 Å². The standard InChI is InChI=1S/C14H22N4O2/c19-12-4-2-1-3-10(12)14-15-13(16-20-14)11-9-17-5-7-18(11)8-6-17/h10-12,19H,1-9H2. The molecule has 1 N–H and O–H groups in total. The lowest BCUT2D eigenvalue weighted by atomic mass is 9.86. The zero-order valence-electron chi connectivity index (χ0n) is 11.7. The first-order valence-corrected chi connectivity index (χ1v) is 7.79. The van der Waals surface area contributed by atoms with Gasteiger partial charge in [-0.15, -0.1) is 0 Å². The molecule has 4 aliphatic rings. The predicted octanol–water partition coefficient (Wildman–Crippen LogP) is 0.760. The van der Waals surface area contributed by atoms with Crippen LogP contribution in [-0.4, -0.2) is 63.9 Å². The van der Waals surface area contributed by atoms with Crippen LogP contribution in [0.1, 0.15) is 49.4 Å². The highest BCUT2D eigenvalue weighted by Crippen LogP contribution is 2.34. The SMILES string of the molecule is OC1CCCCC1c1nc(C2CN3CCN2CC3)no1. The molecule has 2 bridgehead atoms. The van der Waals surface area contributed by atoms with E-state index in [1.165, 1.54) is 0 Å². The van der Waals surface area contributed by atoms with Crippen LogP contribution in [0.4, 0.5) is 0 Å². The minimum atomic E-state index is -0.316. The maximum atomic E-state index is 10.1. The van der Waals surface area contributed by atoms with Crippen LogP contribution in [0.5, 0.6) is 0 Å². The Balaban J connectivity index is 1.53. The summed E-state index contributed by atoms with van der Waals surface area (Å²) in [5, 5.41) is 14.3. The lowest BCUT2D eigenvalue weighted by Crippen LogP contribution is -2.57. The van der Waals surface area contributed by atoms with Gasteiger partial charge in [-0.05, 0) is 12.8 Å². The van der Waals surface area contributed by atoms with Gasteiger partial charge in [0.15, 0.2) is 5.82 Å². The normalized spacial score (nSPS) is 41.0.